The van der Waals surface area contributed by atoms with Crippen molar-refractivity contribution >= 4 is 5.91 Å². The van der Waals surface area contributed by atoms with Crippen molar-refractivity contribution in [2.45, 2.75) is 6.92 Å². The van der Waals surface area contributed by atoms with Gasteiger partial charge in [-0.2, -0.15) is 0 Å². The summed E-state index contributed by atoms with van der Waals surface area (Å²) in [6.07, 6.45) is 1.24. The van der Waals surface area contributed by atoms with E-state index in [4.69, 9.17) is 5.11 Å². The molecule has 0 unspecified atom stereocenters. The molecule has 0 rings (SSSR count). The van der Waals surface area contributed by atoms with Crippen molar-refractivity contribution in [1.29, 1.82) is 0 Å². The second-order valence-electron chi connectivity index (χ2n) is 1.04. The molecule has 0 aliphatic heterocycles. The van der Waals surface area contributed by atoms with Crippen LogP contribution in [0, 0.1) is 0 Å². The minimum absolute atomic E-state index is 0.389. The van der Waals surface area contributed by atoms with Crippen LogP contribution >= 0.6 is 0 Å². The van der Waals surface area contributed by atoms with Crippen LogP contribution < -0.4 is 5.73 Å². The van der Waals surface area contributed by atoms with Gasteiger partial charge >= 0.3 is 0 Å². The van der Waals surface area contributed by atoms with Crippen LogP contribution in [0.3, 0.4) is 0 Å². The standard InChI is InChI=1S/C4H7NO2/c1-2-3(6)4(5)7/h2,6H,1H3,(H2,5,7)/b3-2+. The van der Waals surface area contributed by atoms with Gasteiger partial charge in [-0.1, -0.05) is 0 Å². The van der Waals surface area contributed by atoms with Crippen molar-refractivity contribution in [3.8, 4) is 0 Å². The van der Waals surface area contributed by atoms with Crippen LogP contribution in [0.25, 0.3) is 0 Å². The van der Waals surface area contributed by atoms with E-state index in [0.29, 0.717) is 0 Å². The lowest BCUT2D eigenvalue weighted by atomic mass is 10.4. The van der Waals surface area contributed by atoms with Gasteiger partial charge in [-0.05, 0) is 13.0 Å². The van der Waals surface area contributed by atoms with Crippen LogP contribution in [0.5, 0.6) is 0 Å². The molecule has 0 aromatic heterocycles. The highest BCUT2D eigenvalue weighted by molar-refractivity contribution is 5.89. The Labute approximate surface area is 41.4 Å². The smallest absolute Gasteiger partial charge is 0.283 e. The van der Waals surface area contributed by atoms with Crippen molar-refractivity contribution < 1.29 is 9.90 Å². The second-order valence-corrected chi connectivity index (χ2v) is 1.04. The van der Waals surface area contributed by atoms with Gasteiger partial charge in [0.1, 0.15) is 0 Å². The number of primary amides is 1. The molecular formula is C4H7NO2. The number of carbonyl (C=O) groups excluding carboxylic acids is 1. The van der Waals surface area contributed by atoms with E-state index in [1.165, 1.54) is 13.0 Å². The van der Waals surface area contributed by atoms with Gasteiger partial charge in [-0.15, -0.1) is 0 Å². The normalized spacial score (nSPS) is 11.3. The Bertz CT molecular complexity index is 106. The lowest BCUT2D eigenvalue weighted by Crippen LogP contribution is -2.12. The average molecular weight is 101 g/mol. The fourth-order valence-corrected chi connectivity index (χ4v) is 0.142. The zero-order valence-electron chi connectivity index (χ0n) is 4.01. The molecule has 0 fully saturated rings. The molecule has 0 aliphatic carbocycles. The van der Waals surface area contributed by atoms with Crippen molar-refractivity contribution in [3.05, 3.63) is 11.8 Å². The van der Waals surface area contributed by atoms with Crippen molar-refractivity contribution in [3.63, 3.8) is 0 Å². The monoisotopic (exact) mass is 101 g/mol. The number of amides is 1. The molecule has 3 nitrogen and oxygen atoms in total. The first kappa shape index (κ1) is 6.01. The molecular weight excluding hydrogens is 94.0 g/mol. The van der Waals surface area contributed by atoms with Gasteiger partial charge in [-0.25, -0.2) is 0 Å². The fraction of sp³-hybridized carbons (Fsp3) is 0.250. The molecule has 0 aromatic rings. The van der Waals surface area contributed by atoms with Crippen LogP contribution in [0.4, 0.5) is 0 Å². The number of allylic oxidation sites excluding steroid dienone is 1. The molecule has 0 aromatic carbocycles. The summed E-state index contributed by atoms with van der Waals surface area (Å²) in [5, 5.41) is 8.32. The van der Waals surface area contributed by atoms with E-state index in [1.807, 2.05) is 0 Å². The number of hydrogen-bond donors (Lipinski definition) is 2. The van der Waals surface area contributed by atoms with Crippen molar-refractivity contribution in [2.75, 3.05) is 0 Å². The summed E-state index contributed by atoms with van der Waals surface area (Å²) in [5.41, 5.74) is 4.59. The lowest BCUT2D eigenvalue weighted by Gasteiger charge is -1.85. The van der Waals surface area contributed by atoms with Gasteiger partial charge < -0.3 is 10.8 Å². The molecule has 40 valence electrons. The van der Waals surface area contributed by atoms with Crippen LogP contribution in [0.15, 0.2) is 11.8 Å². The third-order valence-corrected chi connectivity index (χ3v) is 0.526. The predicted octanol–water partition coefficient (Wildman–Crippen LogP) is -0.0665. The van der Waals surface area contributed by atoms with Crippen molar-refractivity contribution in [2.24, 2.45) is 5.73 Å². The summed E-state index contributed by atoms with van der Waals surface area (Å²) < 4.78 is 0. The third kappa shape index (κ3) is 1.81. The van der Waals surface area contributed by atoms with E-state index in [-0.39, 0.29) is 5.76 Å². The molecule has 7 heavy (non-hydrogen) atoms. The number of hydrogen-bond acceptors (Lipinski definition) is 2. The quantitative estimate of drug-likeness (QED) is 0.359. The van der Waals surface area contributed by atoms with Gasteiger partial charge in [0, 0.05) is 0 Å². The van der Waals surface area contributed by atoms with Gasteiger partial charge in [0.25, 0.3) is 5.91 Å². The Morgan fingerprint density at radius 3 is 2.29 bits per heavy atom. The molecule has 0 spiro atoms. The van der Waals surface area contributed by atoms with Gasteiger partial charge in [0.05, 0.1) is 0 Å². The predicted molar refractivity (Wildman–Crippen MR) is 25.6 cm³/mol. The maximum atomic E-state index is 9.83. The minimum atomic E-state index is -0.789. The lowest BCUT2D eigenvalue weighted by molar-refractivity contribution is -0.116. The highest BCUT2D eigenvalue weighted by atomic mass is 16.3. The molecule has 0 atom stereocenters. The minimum Gasteiger partial charge on any atom is -0.503 e. The first-order valence-corrected chi connectivity index (χ1v) is 1.83. The summed E-state index contributed by atoms with van der Waals surface area (Å²) in [5.74, 6) is -1.18. The third-order valence-electron chi connectivity index (χ3n) is 0.526. The molecule has 3 heteroatoms. The number of aliphatic hydroxyl groups excluding tert-OH is 1. The number of carbonyl (C=O) groups is 1. The summed E-state index contributed by atoms with van der Waals surface area (Å²) in [6.45, 7) is 1.53. The van der Waals surface area contributed by atoms with E-state index < -0.39 is 5.91 Å². The zero-order valence-corrected chi connectivity index (χ0v) is 4.01. The Morgan fingerprint density at radius 1 is 1.86 bits per heavy atom. The maximum absolute atomic E-state index is 9.83. The molecule has 1 amide bonds. The Hall–Kier alpha value is -0.990. The maximum Gasteiger partial charge on any atom is 0.283 e. The Morgan fingerprint density at radius 2 is 2.29 bits per heavy atom. The fourth-order valence-electron chi connectivity index (χ4n) is 0.142. The van der Waals surface area contributed by atoms with Gasteiger partial charge in [0.15, 0.2) is 5.76 Å². The molecule has 0 heterocycles. The largest absolute Gasteiger partial charge is 0.503 e. The second kappa shape index (κ2) is 2.23. The van der Waals surface area contributed by atoms with Gasteiger partial charge in [-0.3, -0.25) is 4.79 Å². The SMILES string of the molecule is C/C=C(/O)C(N)=O. The molecule has 0 saturated heterocycles. The first-order valence-electron chi connectivity index (χ1n) is 1.83. The van der Waals surface area contributed by atoms with Crippen LogP contribution in [-0.2, 0) is 4.79 Å². The molecule has 0 saturated carbocycles. The molecule has 0 radical (unpaired) electrons. The molecule has 0 aliphatic rings. The first-order chi connectivity index (χ1) is 3.18. The van der Waals surface area contributed by atoms with Crippen LogP contribution in [0.1, 0.15) is 6.92 Å². The van der Waals surface area contributed by atoms with E-state index in [9.17, 15) is 4.79 Å². The van der Waals surface area contributed by atoms with E-state index >= 15 is 0 Å². The topological polar surface area (TPSA) is 63.3 Å². The summed E-state index contributed by atoms with van der Waals surface area (Å²) in [7, 11) is 0. The van der Waals surface area contributed by atoms with E-state index in [2.05, 4.69) is 5.73 Å². The molecule has 0 bridgehead atoms. The number of nitrogens with two attached hydrogens (primary N) is 1. The highest BCUT2D eigenvalue weighted by Crippen LogP contribution is 1.80. The number of rotatable bonds is 1. The summed E-state index contributed by atoms with van der Waals surface area (Å²) in [4.78, 5) is 9.83. The Kier molecular flexibility index (Phi) is 1.91. The summed E-state index contributed by atoms with van der Waals surface area (Å²) in [6, 6.07) is 0. The van der Waals surface area contributed by atoms with E-state index in [0.717, 1.165) is 0 Å². The average Bonchev–Trinajstić information content (AvgIpc) is 1.65. The molecule has 3 N–H and O–H groups in total. The van der Waals surface area contributed by atoms with Crippen LogP contribution in [-0.4, -0.2) is 11.0 Å². The van der Waals surface area contributed by atoms with Crippen molar-refractivity contribution in [1.82, 2.24) is 0 Å². The Balaban J connectivity index is 3.82. The van der Waals surface area contributed by atoms with E-state index in [1.54, 1.807) is 0 Å². The van der Waals surface area contributed by atoms with Crippen LogP contribution in [0.2, 0.25) is 0 Å². The number of aliphatic hydroxyl groups is 1. The highest BCUT2D eigenvalue weighted by Gasteiger charge is 1.94. The summed E-state index contributed by atoms with van der Waals surface area (Å²) >= 11 is 0. The zero-order chi connectivity index (χ0) is 5.86. The van der Waals surface area contributed by atoms with Gasteiger partial charge in [0.2, 0.25) is 0 Å².